The maximum atomic E-state index is 13.6. The molecular formula is C23H17F3O2. The zero-order chi connectivity index (χ0) is 20.2. The molecular weight excluding hydrogens is 365 g/mol. The van der Waals surface area contributed by atoms with Crippen molar-refractivity contribution in [1.82, 2.24) is 0 Å². The van der Waals surface area contributed by atoms with Gasteiger partial charge >= 0.3 is 6.18 Å². The van der Waals surface area contributed by atoms with Gasteiger partial charge in [0.05, 0.1) is 5.41 Å². The molecule has 0 spiro atoms. The second-order valence-electron chi connectivity index (χ2n) is 6.43. The first-order chi connectivity index (χ1) is 13.4. The second kappa shape index (κ2) is 7.80. The summed E-state index contributed by atoms with van der Waals surface area (Å²) in [6.45, 7) is 0. The van der Waals surface area contributed by atoms with E-state index in [1.807, 2.05) is 0 Å². The smallest absolute Gasteiger partial charge is 0.293 e. The number of carbonyl (C=O) groups excluding carboxylic acids is 2. The van der Waals surface area contributed by atoms with Crippen molar-refractivity contribution in [3.05, 3.63) is 108 Å². The Morgan fingerprint density at radius 2 is 1.04 bits per heavy atom. The van der Waals surface area contributed by atoms with E-state index >= 15 is 0 Å². The Bertz CT molecular complexity index is 910. The van der Waals surface area contributed by atoms with Crippen molar-refractivity contribution >= 4 is 11.6 Å². The molecule has 0 amide bonds. The molecule has 142 valence electrons. The molecule has 3 aromatic carbocycles. The highest BCUT2D eigenvalue weighted by atomic mass is 19.4. The summed E-state index contributed by atoms with van der Waals surface area (Å²) in [6, 6.07) is 24.4. The molecule has 0 radical (unpaired) electrons. The molecule has 0 bridgehead atoms. The van der Waals surface area contributed by atoms with Crippen LogP contribution in [0.1, 0.15) is 27.9 Å². The number of halogens is 3. The predicted molar refractivity (Wildman–Crippen MR) is 100 cm³/mol. The molecule has 3 rings (SSSR count). The molecule has 0 saturated heterocycles. The summed E-state index contributed by atoms with van der Waals surface area (Å²) in [5.74, 6) is -2.49. The minimum Gasteiger partial charge on any atom is -0.293 e. The fraction of sp³-hybridized carbons (Fsp3) is 0.130. The Morgan fingerprint density at radius 1 is 0.643 bits per heavy atom. The van der Waals surface area contributed by atoms with Crippen LogP contribution < -0.4 is 0 Å². The van der Waals surface area contributed by atoms with Crippen molar-refractivity contribution in [1.29, 1.82) is 0 Å². The predicted octanol–water partition coefficient (Wildman–Crippen LogP) is 5.38. The van der Waals surface area contributed by atoms with Crippen LogP contribution in [0.3, 0.4) is 0 Å². The molecule has 3 aromatic rings. The van der Waals surface area contributed by atoms with Crippen molar-refractivity contribution in [2.24, 2.45) is 0 Å². The lowest BCUT2D eigenvalue weighted by Crippen LogP contribution is -2.42. The summed E-state index contributed by atoms with van der Waals surface area (Å²) in [5, 5.41) is 0. The van der Waals surface area contributed by atoms with Crippen LogP contribution in [-0.2, 0) is 10.2 Å². The minimum absolute atomic E-state index is 0.241. The van der Waals surface area contributed by atoms with E-state index in [0.29, 0.717) is 11.1 Å². The van der Waals surface area contributed by atoms with Gasteiger partial charge in [0.1, 0.15) is 0 Å². The Balaban J connectivity index is 2.29. The van der Waals surface area contributed by atoms with Gasteiger partial charge in [0.2, 0.25) is 5.78 Å². The zero-order valence-electron chi connectivity index (χ0n) is 14.8. The largest absolute Gasteiger partial charge is 0.450 e. The molecule has 5 heteroatoms. The molecule has 0 aliphatic carbocycles. The maximum absolute atomic E-state index is 13.6. The van der Waals surface area contributed by atoms with Crippen LogP contribution in [0.15, 0.2) is 91.0 Å². The highest BCUT2D eigenvalue weighted by Crippen LogP contribution is 2.41. The standard InChI is InChI=1S/C23H17F3O2/c24-23(25,26)20(27)16-22(18-12-6-2-7-13-18,19-14-8-3-9-15-19)21(28)17-10-4-1-5-11-17/h1-15H,16H2. The SMILES string of the molecule is O=C(CC(C(=O)c1ccccc1)(c1ccccc1)c1ccccc1)C(F)(F)F. The topological polar surface area (TPSA) is 34.1 Å². The highest BCUT2D eigenvalue weighted by Gasteiger charge is 2.50. The number of alkyl halides is 3. The molecule has 0 heterocycles. The third kappa shape index (κ3) is 3.74. The summed E-state index contributed by atoms with van der Waals surface area (Å²) in [6.07, 6.45) is -6.04. The number of hydrogen-bond acceptors (Lipinski definition) is 2. The first kappa shape index (κ1) is 19.5. The summed E-state index contributed by atoms with van der Waals surface area (Å²) in [4.78, 5) is 25.7. The van der Waals surface area contributed by atoms with Crippen LogP contribution in [0.5, 0.6) is 0 Å². The molecule has 28 heavy (non-hydrogen) atoms. The van der Waals surface area contributed by atoms with Crippen LogP contribution in [0.25, 0.3) is 0 Å². The van der Waals surface area contributed by atoms with Gasteiger partial charge in [-0.15, -0.1) is 0 Å². The van der Waals surface area contributed by atoms with Gasteiger partial charge in [-0.3, -0.25) is 9.59 Å². The monoisotopic (exact) mass is 382 g/mol. The number of benzene rings is 3. The van der Waals surface area contributed by atoms with Gasteiger partial charge in [0.25, 0.3) is 0 Å². The van der Waals surface area contributed by atoms with Crippen molar-refractivity contribution in [3.63, 3.8) is 0 Å². The van der Waals surface area contributed by atoms with E-state index in [9.17, 15) is 22.8 Å². The Kier molecular flexibility index (Phi) is 5.45. The van der Waals surface area contributed by atoms with Crippen LogP contribution in [0.4, 0.5) is 13.2 Å². The molecule has 0 atom stereocenters. The number of carbonyl (C=O) groups is 2. The lowest BCUT2D eigenvalue weighted by molar-refractivity contribution is -0.171. The van der Waals surface area contributed by atoms with Crippen molar-refractivity contribution < 1.29 is 22.8 Å². The summed E-state index contributed by atoms with van der Waals surface area (Å²) < 4.78 is 39.6. The number of hydrogen-bond donors (Lipinski definition) is 0. The third-order valence-electron chi connectivity index (χ3n) is 4.70. The van der Waals surface area contributed by atoms with Crippen molar-refractivity contribution in [3.8, 4) is 0 Å². The van der Waals surface area contributed by atoms with Crippen LogP contribution in [-0.4, -0.2) is 17.7 Å². The van der Waals surface area contributed by atoms with Gasteiger partial charge in [-0.25, -0.2) is 0 Å². The number of Topliss-reactive ketones (excluding diaryl/α,β-unsaturated/α-hetero) is 2. The Hall–Kier alpha value is -3.21. The average Bonchev–Trinajstić information content (AvgIpc) is 2.72. The highest BCUT2D eigenvalue weighted by molar-refractivity contribution is 6.09. The number of rotatable bonds is 6. The first-order valence-electron chi connectivity index (χ1n) is 8.66. The quantitative estimate of drug-likeness (QED) is 0.537. The fourth-order valence-corrected chi connectivity index (χ4v) is 3.34. The van der Waals surface area contributed by atoms with E-state index in [4.69, 9.17) is 0 Å². The van der Waals surface area contributed by atoms with E-state index < -0.39 is 29.6 Å². The fourth-order valence-electron chi connectivity index (χ4n) is 3.34. The van der Waals surface area contributed by atoms with E-state index in [1.165, 1.54) is 0 Å². The van der Waals surface area contributed by atoms with Crippen LogP contribution in [0.2, 0.25) is 0 Å². The van der Waals surface area contributed by atoms with E-state index in [1.54, 1.807) is 91.0 Å². The minimum atomic E-state index is -5.04. The van der Waals surface area contributed by atoms with Gasteiger partial charge in [-0.1, -0.05) is 91.0 Å². The van der Waals surface area contributed by atoms with E-state index in [2.05, 4.69) is 0 Å². The van der Waals surface area contributed by atoms with Gasteiger partial charge in [-0.2, -0.15) is 13.2 Å². The molecule has 0 saturated carbocycles. The Labute approximate surface area is 160 Å². The molecule has 0 fully saturated rings. The third-order valence-corrected chi connectivity index (χ3v) is 4.70. The maximum Gasteiger partial charge on any atom is 0.450 e. The second-order valence-corrected chi connectivity index (χ2v) is 6.43. The van der Waals surface area contributed by atoms with Crippen molar-refractivity contribution in [2.45, 2.75) is 18.0 Å². The summed E-state index contributed by atoms with van der Waals surface area (Å²) in [5.41, 5.74) is -0.860. The molecule has 0 aliphatic rings. The molecule has 0 N–H and O–H groups in total. The van der Waals surface area contributed by atoms with E-state index in [0.717, 1.165) is 0 Å². The lowest BCUT2D eigenvalue weighted by atomic mass is 9.66. The van der Waals surface area contributed by atoms with Crippen LogP contribution >= 0.6 is 0 Å². The average molecular weight is 382 g/mol. The summed E-state index contributed by atoms with van der Waals surface area (Å²) >= 11 is 0. The summed E-state index contributed by atoms with van der Waals surface area (Å²) in [7, 11) is 0. The van der Waals surface area contributed by atoms with E-state index in [-0.39, 0.29) is 5.56 Å². The van der Waals surface area contributed by atoms with Gasteiger partial charge in [0, 0.05) is 12.0 Å². The lowest BCUT2D eigenvalue weighted by Gasteiger charge is -2.33. The van der Waals surface area contributed by atoms with Crippen LogP contribution in [0, 0.1) is 0 Å². The molecule has 0 aromatic heterocycles. The van der Waals surface area contributed by atoms with Gasteiger partial charge in [-0.05, 0) is 11.1 Å². The normalized spacial score (nSPS) is 11.8. The first-order valence-corrected chi connectivity index (χ1v) is 8.66. The van der Waals surface area contributed by atoms with Crippen molar-refractivity contribution in [2.75, 3.05) is 0 Å². The van der Waals surface area contributed by atoms with Gasteiger partial charge < -0.3 is 0 Å². The Morgan fingerprint density at radius 3 is 1.43 bits per heavy atom. The zero-order valence-corrected chi connectivity index (χ0v) is 14.8. The molecule has 0 aliphatic heterocycles. The molecule has 2 nitrogen and oxygen atoms in total. The van der Waals surface area contributed by atoms with Gasteiger partial charge in [0.15, 0.2) is 5.78 Å². The number of ketones is 2. The molecule has 0 unspecified atom stereocenters.